The van der Waals surface area contributed by atoms with Gasteiger partial charge in [-0.05, 0) is 27.6 Å². The highest BCUT2D eigenvalue weighted by Crippen LogP contribution is 2.30. The van der Waals surface area contributed by atoms with Crippen LogP contribution in [0.5, 0.6) is 0 Å². The van der Waals surface area contributed by atoms with Gasteiger partial charge in [0.15, 0.2) is 0 Å². The first kappa shape index (κ1) is 16.3. The van der Waals surface area contributed by atoms with Crippen molar-refractivity contribution in [2.45, 2.75) is 20.1 Å². The van der Waals surface area contributed by atoms with Crippen LogP contribution in [0.3, 0.4) is 0 Å². The number of nitro groups is 1. The van der Waals surface area contributed by atoms with E-state index in [-0.39, 0.29) is 12.3 Å². The Balaban J connectivity index is 0.000000956. The lowest BCUT2D eigenvalue weighted by molar-refractivity contribution is -0.385. The van der Waals surface area contributed by atoms with Crippen LogP contribution in [0.25, 0.3) is 0 Å². The fraction of sp³-hybridized carbons (Fsp3) is 0.333. The maximum atomic E-state index is 11.0. The van der Waals surface area contributed by atoms with Gasteiger partial charge in [-0.1, -0.05) is 0 Å². The number of rotatable bonds is 3. The smallest absolute Gasteiger partial charge is 0.302 e. The molecular formula is C12H13BrN2O5. The molecule has 7 nitrogen and oxygen atoms in total. The average molecular weight is 345 g/mol. The van der Waals surface area contributed by atoms with Gasteiger partial charge >= 0.3 is 5.97 Å². The number of hydrogen-bond acceptors (Lipinski definition) is 6. The van der Waals surface area contributed by atoms with E-state index in [4.69, 9.17) is 9.84 Å². The summed E-state index contributed by atoms with van der Waals surface area (Å²) < 4.78 is 5.42. The van der Waals surface area contributed by atoms with Gasteiger partial charge in [-0.15, -0.1) is 0 Å². The SMILES string of the molecule is CC(=O)OCc1cc2c(cc1[N+](=O)[O-])C(Br)=NC2.CO. The molecule has 108 valence electrons. The first-order chi connectivity index (χ1) is 9.49. The zero-order valence-electron chi connectivity index (χ0n) is 10.9. The van der Waals surface area contributed by atoms with Crippen molar-refractivity contribution in [2.24, 2.45) is 4.99 Å². The summed E-state index contributed by atoms with van der Waals surface area (Å²) in [6.45, 7) is 1.64. The van der Waals surface area contributed by atoms with Crippen LogP contribution in [-0.4, -0.2) is 27.7 Å². The maximum Gasteiger partial charge on any atom is 0.302 e. The minimum absolute atomic E-state index is 0.0657. The molecule has 0 spiro atoms. The van der Waals surface area contributed by atoms with Gasteiger partial charge in [0.1, 0.15) is 11.2 Å². The Hall–Kier alpha value is -1.80. The van der Waals surface area contributed by atoms with E-state index in [1.807, 2.05) is 0 Å². The van der Waals surface area contributed by atoms with Gasteiger partial charge in [-0.3, -0.25) is 19.9 Å². The van der Waals surface area contributed by atoms with E-state index in [2.05, 4.69) is 20.9 Å². The Morgan fingerprint density at radius 1 is 1.55 bits per heavy atom. The van der Waals surface area contributed by atoms with E-state index in [9.17, 15) is 14.9 Å². The topological polar surface area (TPSA) is 102 Å². The number of carbonyl (C=O) groups excluding carboxylic acids is 1. The highest BCUT2D eigenvalue weighted by atomic mass is 79.9. The molecule has 0 saturated heterocycles. The van der Waals surface area contributed by atoms with Crippen molar-refractivity contribution in [2.75, 3.05) is 7.11 Å². The molecule has 0 bridgehead atoms. The number of aliphatic hydroxyl groups excluding tert-OH is 1. The lowest BCUT2D eigenvalue weighted by Crippen LogP contribution is -2.04. The molecule has 1 N–H and O–H groups in total. The van der Waals surface area contributed by atoms with E-state index in [1.54, 1.807) is 6.07 Å². The van der Waals surface area contributed by atoms with Crippen molar-refractivity contribution in [1.82, 2.24) is 0 Å². The standard InChI is InChI=1S/C11H9BrN2O4.CH4O/c1-6(15)18-5-8-2-7-4-13-11(12)9(7)3-10(8)14(16)17;1-2/h2-3H,4-5H2,1H3;2H,1H3. The highest BCUT2D eigenvalue weighted by Gasteiger charge is 2.23. The van der Waals surface area contributed by atoms with Gasteiger partial charge in [-0.25, -0.2) is 0 Å². The number of halogens is 1. The second-order valence-corrected chi connectivity index (χ2v) is 4.53. The van der Waals surface area contributed by atoms with Crippen molar-refractivity contribution in [3.8, 4) is 0 Å². The molecule has 0 aromatic heterocycles. The van der Waals surface area contributed by atoms with E-state index in [1.165, 1.54) is 13.0 Å². The number of esters is 1. The van der Waals surface area contributed by atoms with Gasteiger partial charge in [-0.2, -0.15) is 0 Å². The van der Waals surface area contributed by atoms with Crippen molar-refractivity contribution in [3.05, 3.63) is 38.9 Å². The zero-order valence-corrected chi connectivity index (χ0v) is 12.5. The number of fused-ring (bicyclic) bond motifs is 1. The maximum absolute atomic E-state index is 11.0. The Morgan fingerprint density at radius 2 is 2.20 bits per heavy atom. The van der Waals surface area contributed by atoms with Crippen LogP contribution in [0.4, 0.5) is 5.69 Å². The van der Waals surface area contributed by atoms with Crippen LogP contribution in [0.15, 0.2) is 17.1 Å². The summed E-state index contributed by atoms with van der Waals surface area (Å²) in [6, 6.07) is 3.11. The summed E-state index contributed by atoms with van der Waals surface area (Å²) >= 11 is 3.25. The number of carbonyl (C=O) groups is 1. The fourth-order valence-electron chi connectivity index (χ4n) is 1.71. The Morgan fingerprint density at radius 3 is 2.75 bits per heavy atom. The molecule has 2 rings (SSSR count). The van der Waals surface area contributed by atoms with Gasteiger partial charge in [0.2, 0.25) is 0 Å². The van der Waals surface area contributed by atoms with Crippen molar-refractivity contribution < 1.29 is 19.6 Å². The summed E-state index contributed by atoms with van der Waals surface area (Å²) in [5.74, 6) is -0.470. The second kappa shape index (κ2) is 7.11. The molecule has 0 fully saturated rings. The molecule has 20 heavy (non-hydrogen) atoms. The molecule has 0 aliphatic carbocycles. The monoisotopic (exact) mass is 344 g/mol. The Bertz CT molecular complexity index is 571. The number of nitro benzene ring substituents is 1. The summed E-state index contributed by atoms with van der Waals surface area (Å²) in [6.07, 6.45) is 0. The Kier molecular flexibility index (Phi) is 5.78. The molecular weight excluding hydrogens is 332 g/mol. The number of benzene rings is 1. The van der Waals surface area contributed by atoms with Crippen molar-refractivity contribution in [3.63, 3.8) is 0 Å². The van der Waals surface area contributed by atoms with E-state index in [0.717, 1.165) is 12.7 Å². The molecule has 1 aromatic rings. The first-order valence-corrected chi connectivity index (χ1v) is 6.37. The summed E-state index contributed by atoms with van der Waals surface area (Å²) in [5, 5.41) is 18.0. The molecule has 0 amide bonds. The molecule has 1 aliphatic rings. The quantitative estimate of drug-likeness (QED) is 0.512. The minimum atomic E-state index is -0.488. The zero-order chi connectivity index (χ0) is 15.3. The van der Waals surface area contributed by atoms with Crippen LogP contribution in [0.1, 0.15) is 23.6 Å². The molecule has 1 aliphatic heterocycles. The molecule has 8 heteroatoms. The number of aliphatic imine (C=N–C) groups is 1. The van der Waals surface area contributed by atoms with Crippen LogP contribution in [0, 0.1) is 10.1 Å². The fourth-order valence-corrected chi connectivity index (χ4v) is 2.21. The first-order valence-electron chi connectivity index (χ1n) is 5.57. The van der Waals surface area contributed by atoms with Crippen LogP contribution in [-0.2, 0) is 22.7 Å². The molecule has 1 heterocycles. The lowest BCUT2D eigenvalue weighted by atomic mass is 10.0. The minimum Gasteiger partial charge on any atom is -0.461 e. The third-order valence-electron chi connectivity index (χ3n) is 2.54. The summed E-state index contributed by atoms with van der Waals surface area (Å²) in [4.78, 5) is 25.4. The summed E-state index contributed by atoms with van der Waals surface area (Å²) in [5.41, 5.74) is 1.92. The number of aliphatic hydroxyl groups is 1. The molecule has 0 radical (unpaired) electrons. The molecule has 0 unspecified atom stereocenters. The number of hydrogen-bond donors (Lipinski definition) is 1. The molecule has 0 saturated carbocycles. The van der Waals surface area contributed by atoms with E-state index < -0.39 is 10.9 Å². The number of nitrogens with zero attached hydrogens (tertiary/aromatic N) is 2. The molecule has 1 aromatic carbocycles. The Labute approximate surface area is 123 Å². The van der Waals surface area contributed by atoms with Crippen LogP contribution >= 0.6 is 15.9 Å². The third kappa shape index (κ3) is 3.61. The number of ether oxygens (including phenoxy) is 1. The largest absolute Gasteiger partial charge is 0.461 e. The van der Waals surface area contributed by atoms with Crippen LogP contribution in [0.2, 0.25) is 0 Å². The van der Waals surface area contributed by atoms with Gasteiger partial charge in [0, 0.05) is 25.7 Å². The highest BCUT2D eigenvalue weighted by molar-refractivity contribution is 9.18. The van der Waals surface area contributed by atoms with Crippen molar-refractivity contribution in [1.29, 1.82) is 0 Å². The predicted molar refractivity (Wildman–Crippen MR) is 75.9 cm³/mol. The average Bonchev–Trinajstić information content (AvgIpc) is 2.78. The second-order valence-electron chi connectivity index (χ2n) is 3.78. The van der Waals surface area contributed by atoms with E-state index in [0.29, 0.717) is 22.3 Å². The van der Waals surface area contributed by atoms with Gasteiger partial charge < -0.3 is 9.84 Å². The van der Waals surface area contributed by atoms with Crippen LogP contribution < -0.4 is 0 Å². The lowest BCUT2D eigenvalue weighted by Gasteiger charge is -2.06. The van der Waals surface area contributed by atoms with Gasteiger partial charge in [0.25, 0.3) is 5.69 Å². The molecule has 0 atom stereocenters. The third-order valence-corrected chi connectivity index (χ3v) is 3.22. The summed E-state index contributed by atoms with van der Waals surface area (Å²) in [7, 11) is 1.00. The normalized spacial score (nSPS) is 11.9. The van der Waals surface area contributed by atoms with E-state index >= 15 is 0 Å². The van der Waals surface area contributed by atoms with Crippen molar-refractivity contribution >= 4 is 32.2 Å². The van der Waals surface area contributed by atoms with Gasteiger partial charge in [0.05, 0.1) is 17.0 Å². The predicted octanol–water partition coefficient (Wildman–Crippen LogP) is 1.92.